The molecule has 2 amide bonds. The number of hydrogen-bond acceptors (Lipinski definition) is 3. The molecule has 0 bridgehead atoms. The Morgan fingerprint density at radius 3 is 3.23 bits per heavy atom. The van der Waals surface area contributed by atoms with Crippen LogP contribution in [0.2, 0.25) is 0 Å². The van der Waals surface area contributed by atoms with Gasteiger partial charge >= 0.3 is 6.03 Å². The minimum Gasteiger partial charge on any atom is -0.351 e. The van der Waals surface area contributed by atoms with E-state index in [0.29, 0.717) is 5.49 Å². The van der Waals surface area contributed by atoms with Crippen molar-refractivity contribution in [1.82, 2.24) is 9.88 Å². The summed E-state index contributed by atoms with van der Waals surface area (Å²) in [7, 11) is 0. The van der Waals surface area contributed by atoms with Crippen molar-refractivity contribution < 1.29 is 4.79 Å². The number of pyridine rings is 1. The molecule has 2 heterocycles. The maximum atomic E-state index is 10.8. The van der Waals surface area contributed by atoms with E-state index in [4.69, 9.17) is 5.73 Å². The smallest absolute Gasteiger partial charge is 0.320 e. The average Bonchev–Trinajstić information content (AvgIpc) is 2.17. The Hall–Kier alpha value is -1.91. The summed E-state index contributed by atoms with van der Waals surface area (Å²) in [6.45, 7) is 0.249. The largest absolute Gasteiger partial charge is 0.351 e. The Labute approximate surface area is 74.2 Å². The average molecular weight is 176 g/mol. The molecule has 1 aromatic heterocycles. The van der Waals surface area contributed by atoms with Gasteiger partial charge in [0.2, 0.25) is 0 Å². The summed E-state index contributed by atoms with van der Waals surface area (Å²) in [6, 6.07) is 3.12. The monoisotopic (exact) mass is 176 g/mol. The lowest BCUT2D eigenvalue weighted by Crippen LogP contribution is -2.42. The molecule has 2 rings (SSSR count). The Bertz CT molecular complexity index is 453. The summed E-state index contributed by atoms with van der Waals surface area (Å²) in [5.41, 5.74) is 5.75. The molecule has 5 nitrogen and oxygen atoms in total. The zero-order valence-corrected chi connectivity index (χ0v) is 6.84. The number of amides is 2. The fourth-order valence-corrected chi connectivity index (χ4v) is 1.13. The van der Waals surface area contributed by atoms with E-state index in [1.165, 1.54) is 4.90 Å². The Morgan fingerprint density at radius 1 is 1.62 bits per heavy atom. The third-order valence-corrected chi connectivity index (χ3v) is 1.77. The first-order valence-electron chi connectivity index (χ1n) is 3.81. The molecule has 2 N–H and O–H groups in total. The number of nitrogens with two attached hydrogens (primary N) is 1. The number of hydrogen-bond donors (Lipinski definition) is 1. The van der Waals surface area contributed by atoms with Gasteiger partial charge in [0.05, 0.1) is 0 Å². The van der Waals surface area contributed by atoms with Crippen LogP contribution in [0.4, 0.5) is 4.79 Å². The normalized spacial score (nSPS) is 14.0. The third kappa shape index (κ3) is 1.35. The second-order valence-corrected chi connectivity index (χ2v) is 2.65. The second kappa shape index (κ2) is 2.85. The van der Waals surface area contributed by atoms with Gasteiger partial charge < -0.3 is 5.73 Å². The molecule has 1 aliphatic heterocycles. The number of urea groups is 1. The van der Waals surface area contributed by atoms with E-state index >= 15 is 0 Å². The highest BCUT2D eigenvalue weighted by molar-refractivity contribution is 5.76. The van der Waals surface area contributed by atoms with E-state index < -0.39 is 6.03 Å². The van der Waals surface area contributed by atoms with Gasteiger partial charge in [-0.1, -0.05) is 0 Å². The quantitative estimate of drug-likeness (QED) is 0.538. The Balaban J connectivity index is 2.55. The summed E-state index contributed by atoms with van der Waals surface area (Å²) in [4.78, 5) is 20.3. The first kappa shape index (κ1) is 7.72. The van der Waals surface area contributed by atoms with E-state index in [1.54, 1.807) is 18.5 Å². The highest BCUT2D eigenvalue weighted by Gasteiger charge is 2.07. The summed E-state index contributed by atoms with van der Waals surface area (Å²) in [6.07, 6.45) is 3.31. The van der Waals surface area contributed by atoms with Gasteiger partial charge in [-0.3, -0.25) is 4.90 Å². The molecule has 0 saturated carbocycles. The topological polar surface area (TPSA) is 71.6 Å². The molecule has 0 unspecified atom stereocenters. The molecule has 5 heteroatoms. The van der Waals surface area contributed by atoms with E-state index in [2.05, 4.69) is 9.98 Å². The highest BCUT2D eigenvalue weighted by Crippen LogP contribution is 1.90. The van der Waals surface area contributed by atoms with Gasteiger partial charge in [0, 0.05) is 17.6 Å². The van der Waals surface area contributed by atoms with Crippen LogP contribution in [-0.4, -0.2) is 22.6 Å². The predicted molar refractivity (Wildman–Crippen MR) is 45.8 cm³/mol. The third-order valence-electron chi connectivity index (χ3n) is 1.77. The molecule has 0 fully saturated rings. The molecule has 0 saturated heterocycles. The van der Waals surface area contributed by atoms with Crippen molar-refractivity contribution in [3.8, 4) is 0 Å². The number of primary amides is 1. The fourth-order valence-electron chi connectivity index (χ4n) is 1.13. The minimum absolute atomic E-state index is 0.249. The van der Waals surface area contributed by atoms with Crippen LogP contribution in [0.3, 0.4) is 0 Å². The number of carbonyl (C=O) groups excluding carboxylic acids is 1. The van der Waals surface area contributed by atoms with Gasteiger partial charge in [0.15, 0.2) is 5.49 Å². The van der Waals surface area contributed by atoms with Crippen LogP contribution in [0, 0.1) is 0 Å². The van der Waals surface area contributed by atoms with Crippen LogP contribution >= 0.6 is 0 Å². The fraction of sp³-hybridized carbons (Fsp3) is 0.125. The number of nitrogens with zero attached hydrogens (tertiary/aromatic N) is 3. The molecule has 0 radical (unpaired) electrons. The van der Waals surface area contributed by atoms with E-state index in [1.807, 2.05) is 6.07 Å². The van der Waals surface area contributed by atoms with Crippen LogP contribution in [0.5, 0.6) is 0 Å². The molecule has 66 valence electrons. The van der Waals surface area contributed by atoms with Gasteiger partial charge in [0.25, 0.3) is 0 Å². The van der Waals surface area contributed by atoms with Crippen LogP contribution < -0.4 is 16.4 Å². The van der Waals surface area contributed by atoms with E-state index in [-0.39, 0.29) is 6.67 Å². The van der Waals surface area contributed by atoms with Crippen molar-refractivity contribution in [3.05, 3.63) is 29.0 Å². The number of aromatic nitrogens is 1. The van der Waals surface area contributed by atoms with Gasteiger partial charge in [0.1, 0.15) is 6.67 Å². The SMILES string of the molecule is NC(=O)N1C=c2cccnc2=NC1. The Kier molecular flexibility index (Phi) is 1.70. The van der Waals surface area contributed by atoms with E-state index in [9.17, 15) is 4.79 Å². The predicted octanol–water partition coefficient (Wildman–Crippen LogP) is -1.21. The maximum Gasteiger partial charge on any atom is 0.320 e. The van der Waals surface area contributed by atoms with Crippen molar-refractivity contribution in [1.29, 1.82) is 0 Å². The van der Waals surface area contributed by atoms with Crippen molar-refractivity contribution >= 4 is 12.2 Å². The van der Waals surface area contributed by atoms with Gasteiger partial charge in [-0.15, -0.1) is 0 Å². The van der Waals surface area contributed by atoms with Crippen LogP contribution in [0.25, 0.3) is 6.20 Å². The molecular formula is C8H8N4O. The zero-order chi connectivity index (χ0) is 9.26. The van der Waals surface area contributed by atoms with Crippen LogP contribution in [0.15, 0.2) is 23.3 Å². The molecule has 0 spiro atoms. The molecule has 0 aromatic carbocycles. The lowest BCUT2D eigenvalue weighted by Gasteiger charge is -2.14. The minimum atomic E-state index is -0.502. The molecule has 0 aliphatic carbocycles. The summed E-state index contributed by atoms with van der Waals surface area (Å²) >= 11 is 0. The number of fused-ring (bicyclic) bond motifs is 1. The van der Waals surface area contributed by atoms with Gasteiger partial charge in [-0.2, -0.15) is 0 Å². The first-order chi connectivity index (χ1) is 6.27. The zero-order valence-electron chi connectivity index (χ0n) is 6.84. The Morgan fingerprint density at radius 2 is 2.46 bits per heavy atom. The summed E-state index contributed by atoms with van der Waals surface area (Å²) in [5.74, 6) is 0. The van der Waals surface area contributed by atoms with Gasteiger partial charge in [-0.25, -0.2) is 14.8 Å². The van der Waals surface area contributed by atoms with Crippen LogP contribution in [-0.2, 0) is 0 Å². The lowest BCUT2D eigenvalue weighted by atomic mass is 10.4. The molecule has 0 atom stereocenters. The second-order valence-electron chi connectivity index (χ2n) is 2.65. The first-order valence-corrected chi connectivity index (χ1v) is 3.81. The molecule has 13 heavy (non-hydrogen) atoms. The van der Waals surface area contributed by atoms with E-state index in [0.717, 1.165) is 5.22 Å². The van der Waals surface area contributed by atoms with Gasteiger partial charge in [-0.05, 0) is 12.1 Å². The summed E-state index contributed by atoms with van der Waals surface area (Å²) < 4.78 is 0. The van der Waals surface area contributed by atoms with Crippen LogP contribution in [0.1, 0.15) is 0 Å². The molecule has 1 aliphatic rings. The maximum absolute atomic E-state index is 10.8. The number of carbonyl (C=O) groups is 1. The molecule has 1 aromatic rings. The van der Waals surface area contributed by atoms with Crippen molar-refractivity contribution in [3.63, 3.8) is 0 Å². The standard InChI is InChI=1S/C8H8N4O/c9-8(13)12-4-6-2-1-3-10-7(6)11-5-12/h1-4H,5H2,(H2,9,13). The lowest BCUT2D eigenvalue weighted by molar-refractivity contribution is 0.229. The summed E-state index contributed by atoms with van der Waals surface area (Å²) in [5, 5.41) is 0.813. The number of rotatable bonds is 0. The molecular weight excluding hydrogens is 168 g/mol. The van der Waals surface area contributed by atoms with Crippen molar-refractivity contribution in [2.24, 2.45) is 10.7 Å². The van der Waals surface area contributed by atoms with Crippen molar-refractivity contribution in [2.45, 2.75) is 0 Å². The highest BCUT2D eigenvalue weighted by atomic mass is 16.2. The van der Waals surface area contributed by atoms with Crippen molar-refractivity contribution in [2.75, 3.05) is 6.67 Å².